The highest BCUT2D eigenvalue weighted by Gasteiger charge is 2.22. The summed E-state index contributed by atoms with van der Waals surface area (Å²) in [6.45, 7) is 3.57. The first kappa shape index (κ1) is 16.7. The number of anilines is 1. The summed E-state index contributed by atoms with van der Waals surface area (Å²) < 4.78 is 1.75. The van der Waals surface area contributed by atoms with E-state index in [-0.39, 0.29) is 5.91 Å². The third-order valence-corrected chi connectivity index (χ3v) is 4.91. The smallest absolute Gasteiger partial charge is 0.239 e. The Balaban J connectivity index is 1.53. The Labute approximate surface area is 152 Å². The van der Waals surface area contributed by atoms with Gasteiger partial charge in [-0.1, -0.05) is 0 Å². The first-order valence-electron chi connectivity index (χ1n) is 8.87. The lowest BCUT2D eigenvalue weighted by Crippen LogP contribution is -2.35. The molecule has 1 atom stereocenters. The van der Waals surface area contributed by atoms with Crippen molar-refractivity contribution < 1.29 is 4.79 Å². The van der Waals surface area contributed by atoms with Crippen molar-refractivity contribution in [1.82, 2.24) is 24.6 Å². The molecule has 1 aliphatic heterocycles. The van der Waals surface area contributed by atoms with Gasteiger partial charge in [-0.2, -0.15) is 5.10 Å². The van der Waals surface area contributed by atoms with Crippen LogP contribution in [0, 0.1) is 0 Å². The zero-order chi connectivity index (χ0) is 18.1. The number of hydrogen-bond acceptors (Lipinski definition) is 5. The summed E-state index contributed by atoms with van der Waals surface area (Å²) in [4.78, 5) is 23.3. The van der Waals surface area contributed by atoms with Crippen molar-refractivity contribution in [2.45, 2.75) is 25.8 Å². The molecule has 4 heterocycles. The van der Waals surface area contributed by atoms with Crippen molar-refractivity contribution in [3.63, 3.8) is 0 Å². The van der Waals surface area contributed by atoms with Crippen molar-refractivity contribution >= 4 is 22.5 Å². The summed E-state index contributed by atoms with van der Waals surface area (Å²) in [7, 11) is 1.88. The minimum Gasteiger partial charge on any atom is -0.310 e. The van der Waals surface area contributed by atoms with Crippen LogP contribution in [0.4, 0.5) is 5.82 Å². The van der Waals surface area contributed by atoms with Crippen LogP contribution in [-0.4, -0.2) is 49.7 Å². The first-order chi connectivity index (χ1) is 12.6. The molecule has 4 rings (SSSR count). The molecule has 1 saturated heterocycles. The molecule has 3 aromatic heterocycles. The lowest BCUT2D eigenvalue weighted by atomic mass is 10.1. The molecule has 3 aromatic rings. The number of carbonyl (C=O) groups is 1. The van der Waals surface area contributed by atoms with Crippen LogP contribution in [0.5, 0.6) is 0 Å². The summed E-state index contributed by atoms with van der Waals surface area (Å²) in [5, 5.41) is 9.02. The van der Waals surface area contributed by atoms with Crippen molar-refractivity contribution in [3.05, 3.63) is 36.9 Å². The molecule has 0 unspecified atom stereocenters. The predicted molar refractivity (Wildman–Crippen MR) is 101 cm³/mol. The predicted octanol–water partition coefficient (Wildman–Crippen LogP) is 2.45. The van der Waals surface area contributed by atoms with E-state index in [4.69, 9.17) is 0 Å². The topological polar surface area (TPSA) is 75.9 Å². The SMILES string of the molecule is C[C@H]1CCCN1CC(=O)Nc1cc2cc(-c3cnn(C)c3)ncc2cn1. The fraction of sp³-hybridized carbons (Fsp3) is 0.368. The van der Waals surface area contributed by atoms with Crippen molar-refractivity contribution in [2.75, 3.05) is 18.4 Å². The third-order valence-electron chi connectivity index (χ3n) is 4.91. The molecule has 1 N–H and O–H groups in total. The van der Waals surface area contributed by atoms with E-state index in [2.05, 4.69) is 32.2 Å². The highest BCUT2D eigenvalue weighted by molar-refractivity contribution is 5.94. The van der Waals surface area contributed by atoms with Crippen molar-refractivity contribution in [1.29, 1.82) is 0 Å². The molecular weight excluding hydrogens is 328 g/mol. The molecule has 0 bridgehead atoms. The largest absolute Gasteiger partial charge is 0.310 e. The number of aromatic nitrogens is 4. The Bertz CT molecular complexity index is 950. The van der Waals surface area contributed by atoms with Gasteiger partial charge in [0.25, 0.3) is 0 Å². The van der Waals surface area contributed by atoms with Crippen LogP contribution in [0.2, 0.25) is 0 Å². The van der Waals surface area contributed by atoms with Gasteiger partial charge in [0.1, 0.15) is 5.82 Å². The molecule has 134 valence electrons. The molecule has 0 saturated carbocycles. The third kappa shape index (κ3) is 3.43. The second kappa shape index (κ2) is 6.84. The number of carbonyl (C=O) groups excluding carboxylic acids is 1. The van der Waals surface area contributed by atoms with Crippen LogP contribution in [0.15, 0.2) is 36.9 Å². The highest BCUT2D eigenvalue weighted by Crippen LogP contribution is 2.23. The number of hydrogen-bond donors (Lipinski definition) is 1. The Morgan fingerprint density at radius 2 is 2.08 bits per heavy atom. The van der Waals surface area contributed by atoms with Gasteiger partial charge in [-0.05, 0) is 43.8 Å². The maximum absolute atomic E-state index is 12.3. The standard InChI is InChI=1S/C19H22N6O/c1-13-4-3-5-25(13)12-19(26)23-18-7-14-6-17(16-10-22-24(2)11-16)20-8-15(14)9-21-18/h6-11,13H,3-5,12H2,1-2H3,(H,21,23,26)/t13-/m0/s1. The molecule has 7 nitrogen and oxygen atoms in total. The van der Waals surface area contributed by atoms with Gasteiger partial charge >= 0.3 is 0 Å². The molecule has 26 heavy (non-hydrogen) atoms. The van der Waals surface area contributed by atoms with Gasteiger partial charge in [0, 0.05) is 42.6 Å². The zero-order valence-electron chi connectivity index (χ0n) is 15.0. The quantitative estimate of drug-likeness (QED) is 0.782. The zero-order valence-corrected chi connectivity index (χ0v) is 15.0. The molecule has 0 spiro atoms. The fourth-order valence-corrected chi connectivity index (χ4v) is 3.41. The average molecular weight is 350 g/mol. The summed E-state index contributed by atoms with van der Waals surface area (Å²) in [6.07, 6.45) is 9.56. The van der Waals surface area contributed by atoms with E-state index in [1.807, 2.05) is 25.4 Å². The molecule has 7 heteroatoms. The average Bonchev–Trinajstić information content (AvgIpc) is 3.23. The van der Waals surface area contributed by atoms with Gasteiger partial charge in [0.2, 0.25) is 5.91 Å². The van der Waals surface area contributed by atoms with Gasteiger partial charge in [0.15, 0.2) is 0 Å². The van der Waals surface area contributed by atoms with Gasteiger partial charge in [-0.25, -0.2) is 4.98 Å². The van der Waals surface area contributed by atoms with Gasteiger partial charge < -0.3 is 5.32 Å². The van der Waals surface area contributed by atoms with E-state index in [0.717, 1.165) is 41.4 Å². The monoisotopic (exact) mass is 350 g/mol. The number of nitrogens with one attached hydrogen (secondary N) is 1. The molecule has 1 aliphatic rings. The maximum atomic E-state index is 12.3. The number of amides is 1. The maximum Gasteiger partial charge on any atom is 0.239 e. The number of likely N-dealkylation sites (tertiary alicyclic amines) is 1. The van der Waals surface area contributed by atoms with Crippen LogP contribution in [0.1, 0.15) is 19.8 Å². The second-order valence-corrected chi connectivity index (χ2v) is 6.90. The van der Waals surface area contributed by atoms with E-state index >= 15 is 0 Å². The Morgan fingerprint density at radius 3 is 2.81 bits per heavy atom. The summed E-state index contributed by atoms with van der Waals surface area (Å²) in [5.74, 6) is 0.546. The number of fused-ring (bicyclic) bond motifs is 1. The van der Waals surface area contributed by atoms with Crippen LogP contribution in [0.25, 0.3) is 22.0 Å². The molecular formula is C19H22N6O. The van der Waals surface area contributed by atoms with E-state index in [1.165, 1.54) is 0 Å². The lowest BCUT2D eigenvalue weighted by Gasteiger charge is -2.19. The van der Waals surface area contributed by atoms with Crippen LogP contribution in [-0.2, 0) is 11.8 Å². The Hall–Kier alpha value is -2.80. The second-order valence-electron chi connectivity index (χ2n) is 6.90. The van der Waals surface area contributed by atoms with Crippen LogP contribution >= 0.6 is 0 Å². The first-order valence-corrected chi connectivity index (χ1v) is 8.87. The molecule has 0 aromatic carbocycles. The summed E-state index contributed by atoms with van der Waals surface area (Å²) in [5.41, 5.74) is 1.81. The minimum atomic E-state index is -0.0212. The van der Waals surface area contributed by atoms with E-state index in [0.29, 0.717) is 18.4 Å². The van der Waals surface area contributed by atoms with E-state index in [9.17, 15) is 4.79 Å². The number of aryl methyl sites for hydroxylation is 1. The molecule has 0 aliphatic carbocycles. The van der Waals surface area contributed by atoms with Crippen LogP contribution < -0.4 is 5.32 Å². The van der Waals surface area contributed by atoms with E-state index < -0.39 is 0 Å². The van der Waals surface area contributed by atoms with Crippen LogP contribution in [0.3, 0.4) is 0 Å². The molecule has 1 amide bonds. The van der Waals surface area contributed by atoms with Gasteiger partial charge in [-0.15, -0.1) is 0 Å². The summed E-state index contributed by atoms with van der Waals surface area (Å²) >= 11 is 0. The number of rotatable bonds is 4. The van der Waals surface area contributed by atoms with Crippen molar-refractivity contribution in [2.24, 2.45) is 7.05 Å². The van der Waals surface area contributed by atoms with Gasteiger partial charge in [0.05, 0.1) is 18.4 Å². The van der Waals surface area contributed by atoms with Crippen molar-refractivity contribution in [3.8, 4) is 11.3 Å². The highest BCUT2D eigenvalue weighted by atomic mass is 16.2. The number of pyridine rings is 2. The van der Waals surface area contributed by atoms with Gasteiger partial charge in [-0.3, -0.25) is 19.4 Å². The molecule has 1 fully saturated rings. The summed E-state index contributed by atoms with van der Waals surface area (Å²) in [6, 6.07) is 4.35. The minimum absolute atomic E-state index is 0.0212. The Kier molecular flexibility index (Phi) is 4.38. The van der Waals surface area contributed by atoms with E-state index in [1.54, 1.807) is 23.3 Å². The fourth-order valence-electron chi connectivity index (χ4n) is 3.41. The molecule has 0 radical (unpaired) electrons. The lowest BCUT2D eigenvalue weighted by molar-refractivity contribution is -0.117. The Morgan fingerprint density at radius 1 is 1.23 bits per heavy atom. The normalized spacial score (nSPS) is 17.7. The number of nitrogens with zero attached hydrogens (tertiary/aromatic N) is 5.